The van der Waals surface area contributed by atoms with Crippen molar-refractivity contribution in [3.05, 3.63) is 89.2 Å². The van der Waals surface area contributed by atoms with Crippen molar-refractivity contribution in [2.24, 2.45) is 0 Å². The van der Waals surface area contributed by atoms with Gasteiger partial charge in [0.25, 0.3) is 0 Å². The number of nitrogens with one attached hydrogen (secondary N) is 1. The molecule has 5 nitrogen and oxygen atoms in total. The monoisotopic (exact) mass is 482 g/mol. The summed E-state index contributed by atoms with van der Waals surface area (Å²) in [6.45, 7) is 0. The Hall–Kier alpha value is -2.97. The predicted octanol–water partition coefficient (Wildman–Crippen LogP) is 5.57. The number of benzene rings is 3. The Balaban J connectivity index is 1.60. The van der Waals surface area contributed by atoms with E-state index in [1.165, 1.54) is 23.9 Å². The van der Waals surface area contributed by atoms with E-state index >= 15 is 0 Å². The lowest BCUT2D eigenvalue weighted by atomic mass is 10.2. The van der Waals surface area contributed by atoms with E-state index in [9.17, 15) is 9.18 Å². The fraction of sp³-hybridized carbons (Fsp3) is 0.0455. The first-order chi connectivity index (χ1) is 14.6. The van der Waals surface area contributed by atoms with Crippen LogP contribution in [0.4, 0.5) is 10.1 Å². The number of carbonyl (C=O) groups excluding carboxylic acids is 1. The molecule has 0 atom stereocenters. The Morgan fingerprint density at radius 1 is 0.967 bits per heavy atom. The molecule has 0 bridgehead atoms. The summed E-state index contributed by atoms with van der Waals surface area (Å²) >= 11 is 4.68. The maximum atomic E-state index is 13.4. The summed E-state index contributed by atoms with van der Waals surface area (Å²) < 4.78 is 16.1. The number of hydrogen-bond acceptors (Lipinski definition) is 4. The van der Waals surface area contributed by atoms with Gasteiger partial charge in [0.1, 0.15) is 5.82 Å². The average Bonchev–Trinajstić information content (AvgIpc) is 3.19. The van der Waals surface area contributed by atoms with E-state index in [4.69, 9.17) is 0 Å². The van der Waals surface area contributed by atoms with Crippen molar-refractivity contribution in [2.75, 3.05) is 11.1 Å². The van der Waals surface area contributed by atoms with Gasteiger partial charge in [-0.3, -0.25) is 9.36 Å². The van der Waals surface area contributed by atoms with Crippen LogP contribution >= 0.6 is 27.7 Å². The first-order valence-corrected chi connectivity index (χ1v) is 10.8. The van der Waals surface area contributed by atoms with Crippen LogP contribution in [0.5, 0.6) is 0 Å². The van der Waals surface area contributed by atoms with Crippen LogP contribution in [0.1, 0.15) is 0 Å². The third-order valence-corrected chi connectivity index (χ3v) is 5.85. The summed E-state index contributed by atoms with van der Waals surface area (Å²) in [7, 11) is 0. The minimum absolute atomic E-state index is 0.148. The van der Waals surface area contributed by atoms with Gasteiger partial charge < -0.3 is 5.32 Å². The quantitative estimate of drug-likeness (QED) is 0.365. The van der Waals surface area contributed by atoms with E-state index in [1.54, 1.807) is 12.1 Å². The molecule has 4 aromatic rings. The smallest absolute Gasteiger partial charge is 0.234 e. The third kappa shape index (κ3) is 4.60. The zero-order valence-corrected chi connectivity index (χ0v) is 18.0. The SMILES string of the molecule is O=C(CSc1nnc(-c2ccccc2)n1-c1ccc(F)cc1)Nc1ccccc1Br. The van der Waals surface area contributed by atoms with Crippen molar-refractivity contribution in [3.8, 4) is 17.1 Å². The van der Waals surface area contributed by atoms with Crippen LogP contribution in [0.2, 0.25) is 0 Å². The van der Waals surface area contributed by atoms with Crippen molar-refractivity contribution in [1.29, 1.82) is 0 Å². The highest BCUT2D eigenvalue weighted by atomic mass is 79.9. The number of amides is 1. The number of nitrogens with zero attached hydrogens (tertiary/aromatic N) is 3. The van der Waals surface area contributed by atoms with E-state index in [2.05, 4.69) is 31.4 Å². The topological polar surface area (TPSA) is 59.8 Å². The molecule has 3 aromatic carbocycles. The molecule has 1 heterocycles. The third-order valence-electron chi connectivity index (χ3n) is 4.23. The molecule has 0 aliphatic heterocycles. The number of rotatable bonds is 6. The first-order valence-electron chi connectivity index (χ1n) is 9.06. The van der Waals surface area contributed by atoms with Crippen LogP contribution in [0, 0.1) is 5.82 Å². The van der Waals surface area contributed by atoms with Crippen LogP contribution in [-0.2, 0) is 4.79 Å². The summed E-state index contributed by atoms with van der Waals surface area (Å²) in [5, 5.41) is 12.0. The average molecular weight is 483 g/mol. The van der Waals surface area contributed by atoms with Crippen LogP contribution in [0.3, 0.4) is 0 Å². The molecule has 0 radical (unpaired) electrons. The normalized spacial score (nSPS) is 10.7. The highest BCUT2D eigenvalue weighted by Gasteiger charge is 2.17. The number of anilines is 1. The molecule has 150 valence electrons. The lowest BCUT2D eigenvalue weighted by molar-refractivity contribution is -0.113. The van der Waals surface area contributed by atoms with E-state index < -0.39 is 0 Å². The minimum Gasteiger partial charge on any atom is -0.324 e. The second kappa shape index (κ2) is 9.23. The highest BCUT2D eigenvalue weighted by molar-refractivity contribution is 9.10. The molecular weight excluding hydrogens is 467 g/mol. The molecule has 30 heavy (non-hydrogen) atoms. The first kappa shape index (κ1) is 20.3. The Morgan fingerprint density at radius 3 is 2.40 bits per heavy atom. The summed E-state index contributed by atoms with van der Waals surface area (Å²) in [6, 6.07) is 23.1. The van der Waals surface area contributed by atoms with Gasteiger partial charge >= 0.3 is 0 Å². The van der Waals surface area contributed by atoms with Crippen LogP contribution in [0.15, 0.2) is 88.5 Å². The van der Waals surface area contributed by atoms with Crippen molar-refractivity contribution in [3.63, 3.8) is 0 Å². The van der Waals surface area contributed by atoms with E-state index in [0.29, 0.717) is 22.4 Å². The summed E-state index contributed by atoms with van der Waals surface area (Å²) in [6.07, 6.45) is 0. The summed E-state index contributed by atoms with van der Waals surface area (Å²) in [5.41, 5.74) is 2.29. The number of halogens is 2. The maximum Gasteiger partial charge on any atom is 0.234 e. The van der Waals surface area contributed by atoms with Crippen molar-refractivity contribution in [2.45, 2.75) is 5.16 Å². The maximum absolute atomic E-state index is 13.4. The standard InChI is InChI=1S/C22H16BrFN4OS/c23-18-8-4-5-9-19(18)25-20(29)14-30-22-27-26-21(15-6-2-1-3-7-15)28(22)17-12-10-16(24)11-13-17/h1-13H,14H2,(H,25,29). The molecule has 0 saturated carbocycles. The Morgan fingerprint density at radius 2 is 1.67 bits per heavy atom. The summed E-state index contributed by atoms with van der Waals surface area (Å²) in [4.78, 5) is 12.4. The number of carbonyl (C=O) groups is 1. The molecule has 0 unspecified atom stereocenters. The lowest BCUT2D eigenvalue weighted by Gasteiger charge is -2.11. The molecule has 4 rings (SSSR count). The van der Waals surface area contributed by atoms with Gasteiger partial charge in [0.05, 0.1) is 11.4 Å². The van der Waals surface area contributed by atoms with Crippen molar-refractivity contribution >= 4 is 39.3 Å². The van der Waals surface area contributed by atoms with Gasteiger partial charge in [0.2, 0.25) is 5.91 Å². The Kier molecular flexibility index (Phi) is 6.25. The molecule has 0 spiro atoms. The van der Waals surface area contributed by atoms with E-state index in [0.717, 1.165) is 10.0 Å². The molecule has 1 aromatic heterocycles. The van der Waals surface area contributed by atoms with Gasteiger partial charge in [-0.05, 0) is 52.3 Å². The van der Waals surface area contributed by atoms with Gasteiger partial charge in [-0.25, -0.2) is 4.39 Å². The molecule has 0 aliphatic rings. The predicted molar refractivity (Wildman–Crippen MR) is 120 cm³/mol. The fourth-order valence-corrected chi connectivity index (χ4v) is 3.98. The number of thioether (sulfide) groups is 1. The van der Waals surface area contributed by atoms with Crippen molar-refractivity contribution < 1.29 is 9.18 Å². The second-order valence-corrected chi connectivity index (χ2v) is 8.10. The largest absolute Gasteiger partial charge is 0.324 e. The second-order valence-electron chi connectivity index (χ2n) is 6.30. The number of hydrogen-bond donors (Lipinski definition) is 1. The molecule has 1 N–H and O–H groups in total. The molecule has 0 saturated heterocycles. The highest BCUT2D eigenvalue weighted by Crippen LogP contribution is 2.28. The lowest BCUT2D eigenvalue weighted by Crippen LogP contribution is -2.15. The van der Waals surface area contributed by atoms with Gasteiger partial charge in [0.15, 0.2) is 11.0 Å². The number of para-hydroxylation sites is 1. The van der Waals surface area contributed by atoms with Gasteiger partial charge in [-0.15, -0.1) is 10.2 Å². The number of aromatic nitrogens is 3. The van der Waals surface area contributed by atoms with Crippen LogP contribution in [-0.4, -0.2) is 26.4 Å². The molecule has 0 aliphatic carbocycles. The summed E-state index contributed by atoms with van der Waals surface area (Å²) in [5.74, 6) is 0.281. The fourth-order valence-electron chi connectivity index (χ4n) is 2.84. The minimum atomic E-state index is -0.324. The molecule has 1 amide bonds. The molecule has 0 fully saturated rings. The zero-order valence-electron chi connectivity index (χ0n) is 15.6. The molecule has 8 heteroatoms. The van der Waals surface area contributed by atoms with Crippen LogP contribution in [0.25, 0.3) is 17.1 Å². The van der Waals surface area contributed by atoms with Crippen molar-refractivity contribution in [1.82, 2.24) is 14.8 Å². The van der Waals surface area contributed by atoms with Gasteiger partial charge in [0, 0.05) is 15.7 Å². The van der Waals surface area contributed by atoms with Gasteiger partial charge in [-0.1, -0.05) is 54.2 Å². The van der Waals surface area contributed by atoms with Gasteiger partial charge in [-0.2, -0.15) is 0 Å². The Bertz CT molecular complexity index is 1170. The zero-order chi connectivity index (χ0) is 20.9. The Labute approximate surface area is 185 Å². The van der Waals surface area contributed by atoms with Crippen LogP contribution < -0.4 is 5.32 Å². The van der Waals surface area contributed by atoms with E-state index in [1.807, 2.05) is 59.2 Å². The molecular formula is C22H16BrFN4OS. The van der Waals surface area contributed by atoms with E-state index in [-0.39, 0.29) is 17.5 Å².